The summed E-state index contributed by atoms with van der Waals surface area (Å²) in [6.45, 7) is 3.71. The lowest BCUT2D eigenvalue weighted by Crippen LogP contribution is -2.43. The van der Waals surface area contributed by atoms with Crippen LogP contribution >= 0.6 is 15.9 Å². The first kappa shape index (κ1) is 14.6. The maximum atomic E-state index is 11.2. The molecule has 0 aliphatic rings. The summed E-state index contributed by atoms with van der Waals surface area (Å²) in [6, 6.07) is 4.60. The van der Waals surface area contributed by atoms with Crippen LogP contribution < -0.4 is 0 Å². The number of carboxylic acid groups (broad SMARTS) is 1. The van der Waals surface area contributed by atoms with Gasteiger partial charge in [-0.1, -0.05) is 19.9 Å². The molecule has 1 aromatic rings. The number of carbonyl (C=O) groups excluding carboxylic acids is 1. The molecule has 6 heteroatoms. The largest absolute Gasteiger partial charge is 0.465 e. The molecule has 0 saturated heterocycles. The molecule has 1 heterocycles. The van der Waals surface area contributed by atoms with Gasteiger partial charge < -0.3 is 9.90 Å². The monoisotopic (exact) mass is 314 g/mol. The molecule has 0 aliphatic carbocycles. The molecule has 1 unspecified atom stereocenters. The van der Waals surface area contributed by atoms with Crippen molar-refractivity contribution in [1.82, 2.24) is 9.88 Å². The molecule has 0 spiro atoms. The van der Waals surface area contributed by atoms with Gasteiger partial charge in [0.15, 0.2) is 0 Å². The fourth-order valence-corrected chi connectivity index (χ4v) is 1.98. The number of carbonyl (C=O) groups is 2. The van der Waals surface area contributed by atoms with Crippen molar-refractivity contribution in [3.63, 3.8) is 0 Å². The molecule has 0 aromatic carbocycles. The zero-order valence-corrected chi connectivity index (χ0v) is 11.8. The fraction of sp³-hybridized carbons (Fsp3) is 0.417. The van der Waals surface area contributed by atoms with Crippen LogP contribution in [0, 0.1) is 5.92 Å². The van der Waals surface area contributed by atoms with Crippen molar-refractivity contribution in [1.29, 1.82) is 0 Å². The van der Waals surface area contributed by atoms with Crippen molar-refractivity contribution >= 4 is 28.3 Å². The first-order valence-corrected chi connectivity index (χ1v) is 6.31. The topological polar surface area (TPSA) is 70.5 Å². The van der Waals surface area contributed by atoms with Gasteiger partial charge in [0, 0.05) is 0 Å². The van der Waals surface area contributed by atoms with Crippen LogP contribution in [0.2, 0.25) is 0 Å². The minimum atomic E-state index is -1.12. The number of amides is 1. The molecule has 1 amide bonds. The Balaban J connectivity index is 2.93. The molecule has 0 radical (unpaired) electrons. The molecular weight excluding hydrogens is 300 g/mol. The second-order valence-corrected chi connectivity index (χ2v) is 5.05. The van der Waals surface area contributed by atoms with E-state index in [0.717, 1.165) is 4.90 Å². The van der Waals surface area contributed by atoms with E-state index >= 15 is 0 Å². The van der Waals surface area contributed by atoms with Crippen LogP contribution in [-0.4, -0.2) is 33.4 Å². The number of rotatable bonds is 5. The maximum Gasteiger partial charge on any atom is 0.408 e. The van der Waals surface area contributed by atoms with Crippen LogP contribution in [-0.2, 0) is 11.3 Å². The van der Waals surface area contributed by atoms with E-state index in [1.807, 2.05) is 13.8 Å². The SMILES string of the molecule is CC(C)C(C=O)N(Cc1cccc(Br)n1)C(=O)O. The van der Waals surface area contributed by atoms with E-state index in [4.69, 9.17) is 0 Å². The number of halogens is 1. The van der Waals surface area contributed by atoms with Gasteiger partial charge in [-0.25, -0.2) is 9.78 Å². The Morgan fingerprint density at radius 3 is 2.67 bits per heavy atom. The lowest BCUT2D eigenvalue weighted by molar-refractivity contribution is -0.113. The summed E-state index contributed by atoms with van der Waals surface area (Å²) in [5.41, 5.74) is 0.597. The molecule has 0 saturated carbocycles. The van der Waals surface area contributed by atoms with Crippen LogP contribution in [0.3, 0.4) is 0 Å². The molecule has 0 bridgehead atoms. The molecule has 98 valence electrons. The minimum absolute atomic E-state index is 0.0780. The fourth-order valence-electron chi connectivity index (χ4n) is 1.60. The van der Waals surface area contributed by atoms with Crippen molar-refractivity contribution in [2.75, 3.05) is 0 Å². The first-order chi connectivity index (χ1) is 8.45. The van der Waals surface area contributed by atoms with Gasteiger partial charge in [-0.05, 0) is 34.0 Å². The summed E-state index contributed by atoms with van der Waals surface area (Å²) in [4.78, 5) is 27.5. The molecule has 18 heavy (non-hydrogen) atoms. The number of nitrogens with zero attached hydrogens (tertiary/aromatic N) is 2. The molecular formula is C12H15BrN2O3. The summed E-state index contributed by atoms with van der Waals surface area (Å²) in [5, 5.41) is 9.18. The highest BCUT2D eigenvalue weighted by molar-refractivity contribution is 9.10. The third-order valence-corrected chi connectivity index (χ3v) is 2.97. The first-order valence-electron chi connectivity index (χ1n) is 5.52. The molecule has 1 N–H and O–H groups in total. The van der Waals surface area contributed by atoms with E-state index in [1.54, 1.807) is 18.2 Å². The van der Waals surface area contributed by atoms with E-state index in [0.29, 0.717) is 16.6 Å². The number of pyridine rings is 1. The van der Waals surface area contributed by atoms with Crippen LogP contribution in [0.5, 0.6) is 0 Å². The number of hydrogen-bond donors (Lipinski definition) is 1. The Bertz CT molecular complexity index is 437. The number of aromatic nitrogens is 1. The van der Waals surface area contributed by atoms with Gasteiger partial charge in [-0.15, -0.1) is 0 Å². The highest BCUT2D eigenvalue weighted by Gasteiger charge is 2.26. The number of aldehydes is 1. The average molecular weight is 315 g/mol. The van der Waals surface area contributed by atoms with Crippen LogP contribution in [0.4, 0.5) is 4.79 Å². The lowest BCUT2D eigenvalue weighted by Gasteiger charge is -2.27. The summed E-state index contributed by atoms with van der Waals surface area (Å²) in [7, 11) is 0. The van der Waals surface area contributed by atoms with Gasteiger partial charge in [0.05, 0.1) is 18.3 Å². The third-order valence-electron chi connectivity index (χ3n) is 2.53. The van der Waals surface area contributed by atoms with E-state index in [2.05, 4.69) is 20.9 Å². The van der Waals surface area contributed by atoms with Gasteiger partial charge in [0.25, 0.3) is 0 Å². The van der Waals surface area contributed by atoms with Gasteiger partial charge >= 0.3 is 6.09 Å². The van der Waals surface area contributed by atoms with Crippen LogP contribution in [0.1, 0.15) is 19.5 Å². The standard InChI is InChI=1S/C12H15BrN2O3/c1-8(2)10(7-16)15(12(17)18)6-9-4-3-5-11(13)14-9/h3-5,7-8,10H,6H2,1-2H3,(H,17,18). The normalized spacial score (nSPS) is 12.2. The Morgan fingerprint density at radius 2 is 2.22 bits per heavy atom. The highest BCUT2D eigenvalue weighted by atomic mass is 79.9. The Kier molecular flexibility index (Phi) is 5.27. The lowest BCUT2D eigenvalue weighted by atomic mass is 10.0. The van der Waals surface area contributed by atoms with Gasteiger partial charge in [0.1, 0.15) is 10.9 Å². The maximum absolute atomic E-state index is 11.2. The molecule has 0 aliphatic heterocycles. The van der Waals surface area contributed by atoms with E-state index in [1.165, 1.54) is 0 Å². The molecule has 1 aromatic heterocycles. The van der Waals surface area contributed by atoms with Crippen molar-refractivity contribution < 1.29 is 14.7 Å². The predicted octanol–water partition coefficient (Wildman–Crippen LogP) is 2.55. The van der Waals surface area contributed by atoms with Crippen LogP contribution in [0.15, 0.2) is 22.8 Å². The molecule has 5 nitrogen and oxygen atoms in total. The Morgan fingerprint density at radius 1 is 1.56 bits per heavy atom. The molecule has 0 fully saturated rings. The predicted molar refractivity (Wildman–Crippen MR) is 70.2 cm³/mol. The number of hydrogen-bond acceptors (Lipinski definition) is 3. The summed E-state index contributed by atoms with van der Waals surface area (Å²) in [5.74, 6) is -0.0780. The van der Waals surface area contributed by atoms with Gasteiger partial charge in [0.2, 0.25) is 0 Å². The second-order valence-electron chi connectivity index (χ2n) is 4.23. The zero-order valence-electron chi connectivity index (χ0n) is 10.2. The van der Waals surface area contributed by atoms with Gasteiger partial charge in [-0.2, -0.15) is 0 Å². The summed E-state index contributed by atoms with van der Waals surface area (Å²) in [6.07, 6.45) is -0.459. The van der Waals surface area contributed by atoms with E-state index in [9.17, 15) is 14.7 Å². The van der Waals surface area contributed by atoms with Crippen molar-refractivity contribution in [2.45, 2.75) is 26.4 Å². The Hall–Kier alpha value is -1.43. The highest BCUT2D eigenvalue weighted by Crippen LogP contribution is 2.14. The average Bonchev–Trinajstić information content (AvgIpc) is 2.28. The molecule has 1 rings (SSSR count). The van der Waals surface area contributed by atoms with E-state index in [-0.39, 0.29) is 12.5 Å². The van der Waals surface area contributed by atoms with E-state index < -0.39 is 12.1 Å². The van der Waals surface area contributed by atoms with Crippen molar-refractivity contribution in [3.05, 3.63) is 28.5 Å². The molecule has 1 atom stereocenters. The van der Waals surface area contributed by atoms with Crippen molar-refractivity contribution in [3.8, 4) is 0 Å². The minimum Gasteiger partial charge on any atom is -0.465 e. The quantitative estimate of drug-likeness (QED) is 0.669. The summed E-state index contributed by atoms with van der Waals surface area (Å²) >= 11 is 3.23. The smallest absolute Gasteiger partial charge is 0.408 e. The second kappa shape index (κ2) is 6.49. The van der Waals surface area contributed by atoms with Gasteiger partial charge in [-0.3, -0.25) is 4.90 Å². The third kappa shape index (κ3) is 3.80. The summed E-state index contributed by atoms with van der Waals surface area (Å²) < 4.78 is 0.637. The Labute approximate surface area is 114 Å². The van der Waals surface area contributed by atoms with Crippen molar-refractivity contribution in [2.24, 2.45) is 5.92 Å². The van der Waals surface area contributed by atoms with Crippen LogP contribution in [0.25, 0.3) is 0 Å². The zero-order chi connectivity index (χ0) is 13.7.